The molecule has 0 aliphatic carbocycles. The average Bonchev–Trinajstić information content (AvgIpc) is 2.45. The minimum absolute atomic E-state index is 0.427. The Labute approximate surface area is 95.0 Å². The van der Waals surface area contributed by atoms with Crippen molar-refractivity contribution in [2.75, 3.05) is 0 Å². The highest BCUT2D eigenvalue weighted by atomic mass is 79.9. The fraction of sp³-hybridized carbons (Fsp3) is 0.100. The normalized spacial score (nSPS) is 10.5. The summed E-state index contributed by atoms with van der Waals surface area (Å²) in [5.74, 6) is 0. The molecule has 0 radical (unpaired) electrons. The van der Waals surface area contributed by atoms with Crippen molar-refractivity contribution < 1.29 is 10.1 Å². The largest absolute Gasteiger partial charge is 0.593 e. The molecular formula is C10H9BrN2O2. The molecule has 0 fully saturated rings. The molecule has 0 spiro atoms. The highest BCUT2D eigenvalue weighted by Crippen LogP contribution is 2.28. The van der Waals surface area contributed by atoms with Crippen molar-refractivity contribution in [1.29, 1.82) is 0 Å². The van der Waals surface area contributed by atoms with Crippen LogP contribution in [0.15, 0.2) is 34.8 Å². The van der Waals surface area contributed by atoms with Crippen LogP contribution in [0.25, 0.3) is 11.3 Å². The monoisotopic (exact) mass is 268 g/mol. The third-order valence-corrected chi connectivity index (χ3v) is 3.18. The number of nitrogens with zero attached hydrogens (tertiary/aromatic N) is 2. The Kier molecular flexibility index (Phi) is 2.40. The summed E-state index contributed by atoms with van der Waals surface area (Å²) in [5, 5.41) is 21.0. The fourth-order valence-electron chi connectivity index (χ4n) is 1.41. The van der Waals surface area contributed by atoms with Gasteiger partial charge in [0.2, 0.25) is 5.69 Å². The molecule has 0 saturated carbocycles. The molecule has 1 heterocycles. The van der Waals surface area contributed by atoms with Crippen molar-refractivity contribution in [2.45, 2.75) is 6.92 Å². The maximum atomic E-state index is 11.4. The molecule has 0 bridgehead atoms. The molecule has 0 aliphatic heterocycles. The van der Waals surface area contributed by atoms with Gasteiger partial charge in [-0.3, -0.25) is 0 Å². The number of aromatic nitrogens is 2. The summed E-state index contributed by atoms with van der Waals surface area (Å²) in [4.78, 5) is 1.03. The van der Waals surface area contributed by atoms with Gasteiger partial charge in [0, 0.05) is 17.3 Å². The van der Waals surface area contributed by atoms with E-state index in [-0.39, 0.29) is 0 Å². The molecule has 0 amide bonds. The van der Waals surface area contributed by atoms with Crippen LogP contribution in [0.2, 0.25) is 0 Å². The van der Waals surface area contributed by atoms with E-state index in [0.717, 1.165) is 5.56 Å². The third kappa shape index (κ3) is 1.48. The maximum Gasteiger partial charge on any atom is 0.236 e. The Balaban J connectivity index is 2.69. The van der Waals surface area contributed by atoms with Crippen LogP contribution in [0.5, 0.6) is 0 Å². The van der Waals surface area contributed by atoms with E-state index in [9.17, 15) is 10.4 Å². The molecule has 5 heteroatoms. The first-order chi connectivity index (χ1) is 7.13. The molecule has 0 unspecified atom stereocenters. The van der Waals surface area contributed by atoms with Gasteiger partial charge in [0.05, 0.1) is 0 Å². The maximum absolute atomic E-state index is 11.4. The van der Waals surface area contributed by atoms with Crippen molar-refractivity contribution in [3.05, 3.63) is 45.7 Å². The Bertz CT molecular complexity index is 468. The molecule has 4 nitrogen and oxygen atoms in total. The third-order valence-electron chi connectivity index (χ3n) is 2.23. The highest BCUT2D eigenvalue weighted by Gasteiger charge is 2.23. The first-order valence-electron chi connectivity index (χ1n) is 4.38. The number of rotatable bonds is 1. The molecule has 1 N–H and O–H groups in total. The molecule has 1 aromatic carbocycles. The molecule has 0 aliphatic rings. The summed E-state index contributed by atoms with van der Waals surface area (Å²) < 4.78 is 0.603. The summed E-state index contributed by atoms with van der Waals surface area (Å²) in [7, 11) is 0. The van der Waals surface area contributed by atoms with E-state index in [1.165, 1.54) is 0 Å². The zero-order valence-electron chi connectivity index (χ0n) is 8.01. The van der Waals surface area contributed by atoms with Crippen molar-refractivity contribution in [2.24, 2.45) is 0 Å². The second-order valence-electron chi connectivity index (χ2n) is 3.18. The second-order valence-corrected chi connectivity index (χ2v) is 3.97. The van der Waals surface area contributed by atoms with E-state index in [4.69, 9.17) is 0 Å². The number of benzene rings is 1. The second kappa shape index (κ2) is 3.58. The van der Waals surface area contributed by atoms with E-state index in [1.807, 2.05) is 30.3 Å². The van der Waals surface area contributed by atoms with Crippen LogP contribution >= 0.6 is 15.9 Å². The predicted molar refractivity (Wildman–Crippen MR) is 58.4 cm³/mol. The lowest BCUT2D eigenvalue weighted by molar-refractivity contribution is -0.729. The summed E-state index contributed by atoms with van der Waals surface area (Å²) >= 11 is 3.29. The molecule has 15 heavy (non-hydrogen) atoms. The van der Waals surface area contributed by atoms with Gasteiger partial charge in [-0.15, -0.1) is 0 Å². The van der Waals surface area contributed by atoms with E-state index in [0.29, 0.717) is 25.6 Å². The van der Waals surface area contributed by atoms with Gasteiger partial charge in [0.15, 0.2) is 5.69 Å². The Morgan fingerprint density at radius 1 is 1.33 bits per heavy atom. The van der Waals surface area contributed by atoms with Crippen LogP contribution in [0.1, 0.15) is 5.69 Å². The standard InChI is InChI=1S/C10H9BrN2O2/c1-7-9(11)10(13(15)12(7)14)8-5-3-2-4-6-8/h2-6,15H,1H3. The van der Waals surface area contributed by atoms with Crippen LogP contribution in [-0.4, -0.2) is 10.1 Å². The van der Waals surface area contributed by atoms with E-state index in [1.54, 1.807) is 6.92 Å². The van der Waals surface area contributed by atoms with Gasteiger partial charge in [-0.25, -0.2) is 0 Å². The average molecular weight is 269 g/mol. The summed E-state index contributed by atoms with van der Waals surface area (Å²) in [6.45, 7) is 1.64. The Morgan fingerprint density at radius 2 is 1.93 bits per heavy atom. The molecule has 1 aromatic heterocycles. The van der Waals surface area contributed by atoms with E-state index >= 15 is 0 Å². The van der Waals surface area contributed by atoms with Crippen LogP contribution in [0.4, 0.5) is 0 Å². The van der Waals surface area contributed by atoms with Crippen molar-refractivity contribution in [1.82, 2.24) is 4.85 Å². The number of halogens is 1. The van der Waals surface area contributed by atoms with Crippen LogP contribution < -0.4 is 4.85 Å². The van der Waals surface area contributed by atoms with Crippen LogP contribution in [-0.2, 0) is 0 Å². The molecule has 0 atom stereocenters. The minimum Gasteiger partial charge on any atom is -0.593 e. The lowest BCUT2D eigenvalue weighted by atomic mass is 10.1. The number of hydrogen-bond acceptors (Lipinski definition) is 2. The van der Waals surface area contributed by atoms with Crippen molar-refractivity contribution in [3.63, 3.8) is 0 Å². The van der Waals surface area contributed by atoms with Gasteiger partial charge < -0.3 is 10.4 Å². The van der Waals surface area contributed by atoms with Gasteiger partial charge in [0.1, 0.15) is 4.47 Å². The highest BCUT2D eigenvalue weighted by molar-refractivity contribution is 9.10. The number of hydrogen-bond donors (Lipinski definition) is 1. The molecule has 78 valence electrons. The fourth-order valence-corrected chi connectivity index (χ4v) is 1.95. The lowest BCUT2D eigenvalue weighted by Gasteiger charge is -1.99. The van der Waals surface area contributed by atoms with E-state index in [2.05, 4.69) is 15.9 Å². The van der Waals surface area contributed by atoms with Gasteiger partial charge in [-0.05, 0) is 20.8 Å². The zero-order valence-corrected chi connectivity index (χ0v) is 9.60. The predicted octanol–water partition coefficient (Wildman–Crippen LogP) is 2.10. The Morgan fingerprint density at radius 3 is 2.40 bits per heavy atom. The lowest BCUT2D eigenvalue weighted by Crippen LogP contribution is -2.38. The van der Waals surface area contributed by atoms with Crippen LogP contribution in [0, 0.1) is 12.1 Å². The SMILES string of the molecule is Cc1c(Br)c(-c2ccccc2)n(O)[n+]1[O-]. The van der Waals surface area contributed by atoms with Gasteiger partial charge in [-0.1, -0.05) is 30.3 Å². The van der Waals surface area contributed by atoms with Gasteiger partial charge in [-0.2, -0.15) is 0 Å². The summed E-state index contributed by atoms with van der Waals surface area (Å²) in [5.41, 5.74) is 1.67. The van der Waals surface area contributed by atoms with E-state index < -0.39 is 0 Å². The molecule has 2 aromatic rings. The Hall–Kier alpha value is -1.49. The van der Waals surface area contributed by atoms with Crippen molar-refractivity contribution in [3.8, 4) is 11.3 Å². The summed E-state index contributed by atoms with van der Waals surface area (Å²) in [6.07, 6.45) is 0. The molecule has 0 saturated heterocycles. The first kappa shape index (κ1) is 10.0. The first-order valence-corrected chi connectivity index (χ1v) is 5.17. The van der Waals surface area contributed by atoms with Crippen LogP contribution in [0.3, 0.4) is 0 Å². The quantitative estimate of drug-likeness (QED) is 0.489. The topological polar surface area (TPSA) is 52.1 Å². The molecule has 2 rings (SSSR count). The zero-order chi connectivity index (χ0) is 11.0. The molecular weight excluding hydrogens is 260 g/mol. The van der Waals surface area contributed by atoms with Crippen molar-refractivity contribution >= 4 is 15.9 Å². The van der Waals surface area contributed by atoms with Gasteiger partial charge in [0.25, 0.3) is 0 Å². The smallest absolute Gasteiger partial charge is 0.236 e. The summed E-state index contributed by atoms with van der Waals surface area (Å²) in [6, 6.07) is 9.22. The van der Waals surface area contributed by atoms with Gasteiger partial charge >= 0.3 is 0 Å². The minimum atomic E-state index is 0.427.